The Morgan fingerprint density at radius 1 is 1.34 bits per heavy atom. The van der Waals surface area contributed by atoms with Crippen LogP contribution in [-0.4, -0.2) is 55.0 Å². The van der Waals surface area contributed by atoms with Crippen LogP contribution in [0.15, 0.2) is 46.0 Å². The number of primary amides is 1. The van der Waals surface area contributed by atoms with Gasteiger partial charge in [0.1, 0.15) is 6.26 Å². The summed E-state index contributed by atoms with van der Waals surface area (Å²) in [5, 5.41) is 6.57. The Morgan fingerprint density at radius 2 is 2.17 bits per heavy atom. The van der Waals surface area contributed by atoms with Gasteiger partial charge in [-0.25, -0.2) is 4.98 Å². The zero-order valence-corrected chi connectivity index (χ0v) is 16.9. The van der Waals surface area contributed by atoms with Crippen molar-refractivity contribution in [3.63, 3.8) is 0 Å². The predicted octanol–water partition coefficient (Wildman–Crippen LogP) is 1.59. The van der Waals surface area contributed by atoms with Gasteiger partial charge in [-0.05, 0) is 44.5 Å². The Morgan fingerprint density at radius 3 is 2.93 bits per heavy atom. The van der Waals surface area contributed by atoms with E-state index < -0.39 is 0 Å². The molecule has 2 heterocycles. The number of hydrogen-bond donors (Lipinski definition) is 3. The fourth-order valence-electron chi connectivity index (χ4n) is 3.50. The van der Waals surface area contributed by atoms with E-state index >= 15 is 0 Å². The summed E-state index contributed by atoms with van der Waals surface area (Å²) in [6, 6.07) is 9.82. The molecule has 0 saturated carbocycles. The molecule has 0 spiro atoms. The van der Waals surface area contributed by atoms with Crippen LogP contribution in [0.3, 0.4) is 0 Å². The van der Waals surface area contributed by atoms with Crippen LogP contribution in [-0.2, 0) is 11.3 Å². The molecule has 1 aliphatic rings. The number of benzene rings is 1. The van der Waals surface area contributed by atoms with E-state index in [9.17, 15) is 4.79 Å². The quantitative estimate of drug-likeness (QED) is 0.354. The lowest BCUT2D eigenvalue weighted by atomic mass is 9.97. The first-order valence-electron chi connectivity index (χ1n) is 10.1. The minimum Gasteiger partial charge on any atom is -0.444 e. The number of aromatic nitrogens is 1. The summed E-state index contributed by atoms with van der Waals surface area (Å²) in [5.74, 6) is 1.15. The molecule has 4 N–H and O–H groups in total. The van der Waals surface area contributed by atoms with Gasteiger partial charge in [0.05, 0.1) is 18.2 Å². The third-order valence-electron chi connectivity index (χ3n) is 5.08. The number of amides is 1. The van der Waals surface area contributed by atoms with Gasteiger partial charge in [0, 0.05) is 25.7 Å². The maximum Gasteiger partial charge on any atom is 0.226 e. The molecular formula is C21H30N6O2. The molecule has 8 nitrogen and oxygen atoms in total. The number of carbonyl (C=O) groups excluding carboxylic acids is 1. The lowest BCUT2D eigenvalue weighted by molar-refractivity contribution is -0.123. The Kier molecular flexibility index (Phi) is 7.63. The normalized spacial score (nSPS) is 17.8. The summed E-state index contributed by atoms with van der Waals surface area (Å²) in [5.41, 5.74) is 7.22. The maximum absolute atomic E-state index is 11.4. The van der Waals surface area contributed by atoms with E-state index in [1.54, 1.807) is 13.3 Å². The van der Waals surface area contributed by atoms with E-state index in [2.05, 4.69) is 25.5 Å². The van der Waals surface area contributed by atoms with Gasteiger partial charge in [-0.3, -0.25) is 9.79 Å². The minimum atomic E-state index is -0.180. The minimum absolute atomic E-state index is 0.00521. The van der Waals surface area contributed by atoms with Crippen LogP contribution in [0, 0.1) is 5.92 Å². The molecule has 0 aliphatic carbocycles. The summed E-state index contributed by atoms with van der Waals surface area (Å²) < 4.78 is 5.56. The summed E-state index contributed by atoms with van der Waals surface area (Å²) in [7, 11) is 1.75. The van der Waals surface area contributed by atoms with E-state index in [4.69, 9.17) is 10.2 Å². The average molecular weight is 399 g/mol. The van der Waals surface area contributed by atoms with Gasteiger partial charge in [-0.2, -0.15) is 0 Å². The molecule has 8 heteroatoms. The first-order chi connectivity index (χ1) is 14.2. The SMILES string of the molecule is CN=C(NCCCN1CCCC(C(N)=O)C1)NCc1coc(-c2ccccc2)n1. The highest BCUT2D eigenvalue weighted by Gasteiger charge is 2.23. The molecule has 0 radical (unpaired) electrons. The van der Waals surface area contributed by atoms with Gasteiger partial charge in [-0.1, -0.05) is 18.2 Å². The van der Waals surface area contributed by atoms with Gasteiger partial charge in [0.25, 0.3) is 0 Å². The summed E-state index contributed by atoms with van der Waals surface area (Å²) >= 11 is 0. The number of nitrogens with zero attached hydrogens (tertiary/aromatic N) is 3. The molecule has 1 atom stereocenters. The van der Waals surface area contributed by atoms with Gasteiger partial charge in [-0.15, -0.1) is 0 Å². The Bertz CT molecular complexity index is 805. The second kappa shape index (κ2) is 10.6. The molecule has 29 heavy (non-hydrogen) atoms. The fraction of sp³-hybridized carbons (Fsp3) is 0.476. The van der Waals surface area contributed by atoms with E-state index in [1.165, 1.54) is 0 Å². The largest absolute Gasteiger partial charge is 0.444 e. The van der Waals surface area contributed by atoms with Crippen LogP contribution in [0.2, 0.25) is 0 Å². The van der Waals surface area contributed by atoms with Crippen molar-refractivity contribution in [3.05, 3.63) is 42.3 Å². The zero-order valence-electron chi connectivity index (χ0n) is 16.9. The molecule has 0 bridgehead atoms. The van der Waals surface area contributed by atoms with Crippen molar-refractivity contribution >= 4 is 11.9 Å². The maximum atomic E-state index is 11.4. The predicted molar refractivity (Wildman–Crippen MR) is 113 cm³/mol. The van der Waals surface area contributed by atoms with Crippen molar-refractivity contribution in [2.24, 2.45) is 16.6 Å². The second-order valence-corrected chi connectivity index (χ2v) is 7.26. The number of aliphatic imine (C=N–C) groups is 1. The molecule has 1 unspecified atom stereocenters. The highest BCUT2D eigenvalue weighted by Crippen LogP contribution is 2.18. The Hall–Kier alpha value is -2.87. The summed E-state index contributed by atoms with van der Waals surface area (Å²) in [6.07, 6.45) is 4.57. The number of rotatable bonds is 8. The molecule has 1 fully saturated rings. The molecule has 1 aliphatic heterocycles. The Balaban J connectivity index is 1.37. The smallest absolute Gasteiger partial charge is 0.226 e. The van der Waals surface area contributed by atoms with Gasteiger partial charge in [0.15, 0.2) is 5.96 Å². The topological polar surface area (TPSA) is 109 Å². The average Bonchev–Trinajstić information content (AvgIpc) is 3.23. The first kappa shape index (κ1) is 20.9. The van der Waals surface area contributed by atoms with Gasteiger partial charge >= 0.3 is 0 Å². The third kappa shape index (κ3) is 6.32. The highest BCUT2D eigenvalue weighted by molar-refractivity contribution is 5.79. The van der Waals surface area contributed by atoms with Crippen LogP contribution in [0.4, 0.5) is 0 Å². The summed E-state index contributed by atoms with van der Waals surface area (Å²) in [6.45, 7) is 4.08. The number of guanidine groups is 1. The van der Waals surface area contributed by atoms with Gasteiger partial charge < -0.3 is 25.7 Å². The van der Waals surface area contributed by atoms with Crippen molar-refractivity contribution in [3.8, 4) is 11.5 Å². The number of carbonyl (C=O) groups is 1. The highest BCUT2D eigenvalue weighted by atomic mass is 16.3. The zero-order chi connectivity index (χ0) is 20.5. The number of likely N-dealkylation sites (tertiary alicyclic amines) is 1. The van der Waals surface area contributed by atoms with Gasteiger partial charge in [0.2, 0.25) is 11.8 Å². The number of nitrogens with two attached hydrogens (primary N) is 1. The summed E-state index contributed by atoms with van der Waals surface area (Å²) in [4.78, 5) is 22.5. The van der Waals surface area contributed by atoms with Crippen molar-refractivity contribution in [2.75, 3.05) is 33.2 Å². The molecule has 1 saturated heterocycles. The Labute approximate surface area is 171 Å². The number of piperidine rings is 1. The van der Waals surface area contributed by atoms with Crippen LogP contribution < -0.4 is 16.4 Å². The van der Waals surface area contributed by atoms with Crippen LogP contribution in [0.1, 0.15) is 25.0 Å². The lowest BCUT2D eigenvalue weighted by Gasteiger charge is -2.31. The van der Waals surface area contributed by atoms with Crippen molar-refractivity contribution in [1.29, 1.82) is 0 Å². The van der Waals surface area contributed by atoms with E-state index in [0.29, 0.717) is 12.4 Å². The van der Waals surface area contributed by atoms with E-state index in [1.807, 2.05) is 30.3 Å². The molecule has 2 aromatic rings. The van der Waals surface area contributed by atoms with Crippen LogP contribution >= 0.6 is 0 Å². The number of oxazole rings is 1. The molecule has 1 amide bonds. The molecule has 156 valence electrons. The lowest BCUT2D eigenvalue weighted by Crippen LogP contribution is -2.42. The monoisotopic (exact) mass is 398 g/mol. The van der Waals surface area contributed by atoms with Crippen LogP contribution in [0.25, 0.3) is 11.5 Å². The fourth-order valence-corrected chi connectivity index (χ4v) is 3.50. The molecule has 3 rings (SSSR count). The van der Waals surface area contributed by atoms with Crippen molar-refractivity contribution in [2.45, 2.75) is 25.8 Å². The first-order valence-corrected chi connectivity index (χ1v) is 10.1. The number of hydrogen-bond acceptors (Lipinski definition) is 5. The molecular weight excluding hydrogens is 368 g/mol. The van der Waals surface area contributed by atoms with E-state index in [-0.39, 0.29) is 11.8 Å². The molecule has 1 aromatic carbocycles. The number of nitrogens with one attached hydrogen (secondary N) is 2. The third-order valence-corrected chi connectivity index (χ3v) is 5.08. The molecule has 1 aromatic heterocycles. The van der Waals surface area contributed by atoms with Crippen LogP contribution in [0.5, 0.6) is 0 Å². The second-order valence-electron chi connectivity index (χ2n) is 7.26. The standard InChI is InChI=1S/C21H30N6O2/c1-23-21(24-10-6-12-27-11-5-9-17(14-27)19(22)28)25-13-18-15-29-20(26-18)16-7-3-2-4-8-16/h2-4,7-8,15,17H,5-6,9-14H2,1H3,(H2,22,28)(H2,23,24,25). The van der Waals surface area contributed by atoms with E-state index in [0.717, 1.165) is 62.7 Å². The van der Waals surface area contributed by atoms with Crippen molar-refractivity contribution < 1.29 is 9.21 Å². The van der Waals surface area contributed by atoms with Crippen molar-refractivity contribution in [1.82, 2.24) is 20.5 Å².